The molecule has 4 aliphatic carbocycles. The van der Waals surface area contributed by atoms with E-state index in [4.69, 9.17) is 4.74 Å². The Hall–Kier alpha value is -2.21. The van der Waals surface area contributed by atoms with Gasteiger partial charge in [-0.05, 0) is 87.5 Å². The van der Waals surface area contributed by atoms with Crippen LogP contribution in [0.25, 0.3) is 0 Å². The Balaban J connectivity index is 1.30. The van der Waals surface area contributed by atoms with Gasteiger partial charge in [0.25, 0.3) is 0 Å². The zero-order valence-corrected chi connectivity index (χ0v) is 17.6. The Kier molecular flexibility index (Phi) is 4.37. The van der Waals surface area contributed by atoms with Crippen molar-refractivity contribution in [1.82, 2.24) is 0 Å². The fourth-order valence-corrected chi connectivity index (χ4v) is 6.91. The number of carbonyl (C=O) groups excluding carboxylic acids is 3. The fraction of sp³-hybridized carbons (Fsp3) is 0.625. The number of carbonyl (C=O) groups is 3. The zero-order chi connectivity index (χ0) is 21.3. The van der Waals surface area contributed by atoms with Gasteiger partial charge in [-0.25, -0.2) is 0 Å². The highest BCUT2D eigenvalue weighted by Crippen LogP contribution is 2.62. The van der Waals surface area contributed by atoms with E-state index in [0.29, 0.717) is 36.8 Å². The van der Waals surface area contributed by atoms with Gasteiger partial charge in [-0.3, -0.25) is 14.4 Å². The molecule has 6 heteroatoms. The van der Waals surface area contributed by atoms with Crippen LogP contribution in [0, 0.1) is 17.3 Å². The van der Waals surface area contributed by atoms with Gasteiger partial charge >= 0.3 is 5.97 Å². The standard InChI is InChI=1S/C24H29NO5/c1-14(21(27)19-3-4-20-18(8-19)5-6-25(20)15(2)26)30-22(28)23-9-16-7-17(10-23)12-24(29,11-16)13-23/h3-4,8,14,16-17,29H,5-7,9-13H2,1-2H3. The van der Waals surface area contributed by atoms with E-state index in [9.17, 15) is 19.5 Å². The fourth-order valence-electron chi connectivity index (χ4n) is 6.91. The van der Waals surface area contributed by atoms with Gasteiger partial charge in [-0.15, -0.1) is 0 Å². The van der Waals surface area contributed by atoms with E-state index in [0.717, 1.165) is 43.4 Å². The molecule has 4 saturated carbocycles. The Morgan fingerprint density at radius 3 is 2.50 bits per heavy atom. The second-order valence-corrected chi connectivity index (χ2v) is 10.1. The molecule has 0 aromatic heterocycles. The van der Waals surface area contributed by atoms with Gasteiger partial charge in [0.15, 0.2) is 6.10 Å². The van der Waals surface area contributed by atoms with Gasteiger partial charge in [0, 0.05) is 24.7 Å². The minimum Gasteiger partial charge on any atom is -0.454 e. The molecule has 3 atom stereocenters. The molecule has 0 saturated heterocycles. The molecule has 6 rings (SSSR count). The minimum atomic E-state index is -0.872. The summed E-state index contributed by atoms with van der Waals surface area (Å²) in [5, 5.41) is 10.9. The van der Waals surface area contributed by atoms with Gasteiger partial charge in [0.2, 0.25) is 11.7 Å². The van der Waals surface area contributed by atoms with Crippen LogP contribution in [0.2, 0.25) is 0 Å². The van der Waals surface area contributed by atoms with E-state index in [1.54, 1.807) is 24.0 Å². The van der Waals surface area contributed by atoms with Crippen LogP contribution < -0.4 is 4.90 Å². The molecule has 0 spiro atoms. The number of benzene rings is 1. The van der Waals surface area contributed by atoms with Crippen LogP contribution in [-0.2, 0) is 20.7 Å². The number of fused-ring (bicyclic) bond motifs is 1. The van der Waals surface area contributed by atoms with Crippen LogP contribution in [0.15, 0.2) is 18.2 Å². The monoisotopic (exact) mass is 411 g/mol. The summed E-state index contributed by atoms with van der Waals surface area (Å²) >= 11 is 0. The second-order valence-electron chi connectivity index (χ2n) is 10.1. The summed E-state index contributed by atoms with van der Waals surface area (Å²) in [6.45, 7) is 3.79. The van der Waals surface area contributed by atoms with Crippen LogP contribution in [0.1, 0.15) is 68.3 Å². The predicted molar refractivity (Wildman–Crippen MR) is 110 cm³/mol. The molecule has 1 aromatic carbocycles. The largest absolute Gasteiger partial charge is 0.454 e. The SMILES string of the molecule is CC(=O)N1CCc2cc(C(=O)C(C)OC(=O)C34CC5CC(CC(O)(C5)C3)C4)ccc21. The molecule has 0 radical (unpaired) electrons. The quantitative estimate of drug-likeness (QED) is 0.608. The number of esters is 1. The van der Waals surface area contributed by atoms with Crippen molar-refractivity contribution in [2.45, 2.75) is 70.5 Å². The first-order valence-electron chi connectivity index (χ1n) is 11.1. The van der Waals surface area contributed by atoms with Gasteiger partial charge in [-0.2, -0.15) is 0 Å². The van der Waals surface area contributed by atoms with Crippen molar-refractivity contribution in [3.05, 3.63) is 29.3 Å². The van der Waals surface area contributed by atoms with Crippen LogP contribution in [0.5, 0.6) is 0 Å². The normalized spacial score (nSPS) is 34.6. The highest BCUT2D eigenvalue weighted by atomic mass is 16.5. The average Bonchev–Trinajstić information content (AvgIpc) is 3.08. The van der Waals surface area contributed by atoms with Crippen LogP contribution in [0.4, 0.5) is 5.69 Å². The Morgan fingerprint density at radius 1 is 1.17 bits per heavy atom. The molecule has 160 valence electrons. The summed E-state index contributed by atoms with van der Waals surface area (Å²) in [5.41, 5.74) is 0.957. The third-order valence-corrected chi connectivity index (χ3v) is 7.76. The smallest absolute Gasteiger partial charge is 0.312 e. The van der Waals surface area contributed by atoms with Crippen molar-refractivity contribution < 1.29 is 24.2 Å². The predicted octanol–water partition coefficient (Wildman–Crippen LogP) is 3.04. The summed E-state index contributed by atoms with van der Waals surface area (Å²) in [6, 6.07) is 5.33. The minimum absolute atomic E-state index is 0.00708. The van der Waals surface area contributed by atoms with E-state index in [1.165, 1.54) is 6.92 Å². The summed E-state index contributed by atoms with van der Waals surface area (Å²) in [6.07, 6.45) is 4.53. The lowest BCUT2D eigenvalue weighted by atomic mass is 9.48. The number of anilines is 1. The number of aliphatic hydroxyl groups is 1. The lowest BCUT2D eigenvalue weighted by Crippen LogP contribution is -2.58. The van der Waals surface area contributed by atoms with Gasteiger partial charge in [0.1, 0.15) is 0 Å². The average molecular weight is 411 g/mol. The Labute approximate surface area is 176 Å². The van der Waals surface area contributed by atoms with Gasteiger partial charge in [0.05, 0.1) is 11.0 Å². The highest BCUT2D eigenvalue weighted by molar-refractivity contribution is 6.02. The lowest BCUT2D eigenvalue weighted by Gasteiger charge is -2.58. The maximum atomic E-state index is 13.2. The van der Waals surface area contributed by atoms with Crippen molar-refractivity contribution in [2.75, 3.05) is 11.4 Å². The summed E-state index contributed by atoms with van der Waals surface area (Å²) < 4.78 is 5.71. The van der Waals surface area contributed by atoms with E-state index in [1.807, 2.05) is 6.07 Å². The molecule has 1 aromatic rings. The molecule has 6 nitrogen and oxygen atoms in total. The Morgan fingerprint density at radius 2 is 1.87 bits per heavy atom. The maximum absolute atomic E-state index is 13.2. The van der Waals surface area contributed by atoms with Crippen LogP contribution in [-0.4, -0.2) is 41.0 Å². The molecule has 1 N–H and O–H groups in total. The molecule has 3 unspecified atom stereocenters. The molecule has 1 amide bonds. The number of amides is 1. The van der Waals surface area contributed by atoms with E-state index in [2.05, 4.69) is 0 Å². The molecule has 30 heavy (non-hydrogen) atoms. The summed E-state index contributed by atoms with van der Waals surface area (Å²) in [4.78, 5) is 39.6. The second kappa shape index (κ2) is 6.64. The topological polar surface area (TPSA) is 83.9 Å². The molecule has 1 heterocycles. The number of hydrogen-bond acceptors (Lipinski definition) is 5. The van der Waals surface area contributed by atoms with E-state index >= 15 is 0 Å². The van der Waals surface area contributed by atoms with Gasteiger partial charge in [-0.1, -0.05) is 0 Å². The molecular weight excluding hydrogens is 382 g/mol. The van der Waals surface area contributed by atoms with E-state index in [-0.39, 0.29) is 17.7 Å². The Bertz CT molecular complexity index is 924. The van der Waals surface area contributed by atoms with Crippen molar-refractivity contribution in [1.29, 1.82) is 0 Å². The molecule has 1 aliphatic heterocycles. The molecule has 5 aliphatic rings. The lowest BCUT2D eigenvalue weighted by molar-refractivity contribution is -0.197. The number of nitrogens with zero attached hydrogens (tertiary/aromatic N) is 1. The third-order valence-electron chi connectivity index (χ3n) is 7.76. The highest BCUT2D eigenvalue weighted by Gasteiger charge is 2.61. The van der Waals surface area contributed by atoms with E-state index < -0.39 is 17.1 Å². The molecule has 4 fully saturated rings. The first-order valence-corrected chi connectivity index (χ1v) is 11.1. The van der Waals surface area contributed by atoms with Crippen molar-refractivity contribution >= 4 is 23.3 Å². The number of rotatable bonds is 4. The van der Waals surface area contributed by atoms with Crippen molar-refractivity contribution in [3.8, 4) is 0 Å². The third kappa shape index (κ3) is 3.08. The summed E-state index contributed by atoms with van der Waals surface area (Å²) in [7, 11) is 0. The number of ketones is 1. The van der Waals surface area contributed by atoms with Crippen LogP contribution in [0.3, 0.4) is 0 Å². The molecule has 4 bridgehead atoms. The number of hydrogen-bond donors (Lipinski definition) is 1. The number of Topliss-reactive ketones (excluding diaryl/α,β-unsaturated/α-hetero) is 1. The van der Waals surface area contributed by atoms with Crippen molar-refractivity contribution in [3.63, 3.8) is 0 Å². The first-order chi connectivity index (χ1) is 14.2. The van der Waals surface area contributed by atoms with Crippen LogP contribution >= 0.6 is 0 Å². The van der Waals surface area contributed by atoms with Gasteiger partial charge < -0.3 is 14.7 Å². The maximum Gasteiger partial charge on any atom is 0.312 e. The zero-order valence-electron chi connectivity index (χ0n) is 17.6. The number of ether oxygens (including phenoxy) is 1. The van der Waals surface area contributed by atoms with Crippen molar-refractivity contribution in [2.24, 2.45) is 17.3 Å². The summed E-state index contributed by atoms with van der Waals surface area (Å²) in [5.74, 6) is 0.217. The first kappa shape index (κ1) is 19.7. The molecular formula is C24H29NO5.